The Morgan fingerprint density at radius 3 is 2.55 bits per heavy atom. The van der Waals surface area contributed by atoms with E-state index < -0.39 is 6.09 Å². The van der Waals surface area contributed by atoms with Crippen molar-refractivity contribution in [2.75, 3.05) is 0 Å². The molecule has 2 amide bonds. The number of furan rings is 2. The highest BCUT2D eigenvalue weighted by Gasteiger charge is 2.10. The molecule has 0 aromatic carbocycles. The van der Waals surface area contributed by atoms with Crippen molar-refractivity contribution in [3.63, 3.8) is 0 Å². The highest BCUT2D eigenvalue weighted by atomic mass is 32.2. The normalized spacial score (nSPS) is 11.1. The average molecular weight is 315 g/mol. The summed E-state index contributed by atoms with van der Waals surface area (Å²) in [6.07, 6.45) is 2.11. The molecule has 0 aliphatic rings. The molecule has 0 fully saturated rings. The van der Waals surface area contributed by atoms with E-state index in [0.29, 0.717) is 0 Å². The lowest BCUT2D eigenvalue weighted by Crippen LogP contribution is -2.17. The molecule has 2 N–H and O–H groups in total. The number of hydrogen-bond acceptors (Lipinski definition) is 6. The van der Waals surface area contributed by atoms with Gasteiger partial charge in [-0.05, 0) is 24.3 Å². The minimum Gasteiger partial charge on any atom is -0.468 e. The molecule has 1 unspecified atom stereocenters. The van der Waals surface area contributed by atoms with Crippen molar-refractivity contribution >= 4 is 36.9 Å². The Balaban J connectivity index is 0.000000286. The van der Waals surface area contributed by atoms with E-state index in [1.54, 1.807) is 24.3 Å². The molecule has 20 heavy (non-hydrogen) atoms. The minimum absolute atomic E-state index is 0.0649. The number of amides is 2. The van der Waals surface area contributed by atoms with E-state index in [9.17, 15) is 4.79 Å². The van der Waals surface area contributed by atoms with Gasteiger partial charge in [-0.3, -0.25) is 10.1 Å². The second-order valence-electron chi connectivity index (χ2n) is 3.33. The van der Waals surface area contributed by atoms with Gasteiger partial charge >= 0.3 is 6.09 Å². The van der Waals surface area contributed by atoms with Crippen molar-refractivity contribution in [3.8, 4) is 0 Å². The minimum atomic E-state index is -1.33. The van der Waals surface area contributed by atoms with Gasteiger partial charge in [-0.1, -0.05) is 0 Å². The van der Waals surface area contributed by atoms with Crippen molar-refractivity contribution in [1.29, 1.82) is 0 Å². The first kappa shape index (κ1) is 16.3. The molecule has 1 atom stereocenters. The fraction of sp³-hybridized carbons (Fsp3) is 0.167. The second-order valence-corrected chi connectivity index (χ2v) is 5.28. The zero-order chi connectivity index (χ0) is 14.8. The molecule has 0 spiro atoms. The smallest absolute Gasteiger partial charge is 0.411 e. The van der Waals surface area contributed by atoms with Gasteiger partial charge in [0.1, 0.15) is 16.1 Å². The van der Waals surface area contributed by atoms with E-state index in [0.717, 1.165) is 17.3 Å². The van der Waals surface area contributed by atoms with Gasteiger partial charge in [-0.15, -0.1) is 11.8 Å². The van der Waals surface area contributed by atoms with Crippen molar-refractivity contribution in [2.24, 2.45) is 0 Å². The summed E-state index contributed by atoms with van der Waals surface area (Å²) in [6, 6.07) is 7.63. The van der Waals surface area contributed by atoms with Gasteiger partial charge in [0.2, 0.25) is 6.41 Å². The van der Waals surface area contributed by atoms with Crippen LogP contribution in [0.1, 0.15) is 16.1 Å². The van der Waals surface area contributed by atoms with Crippen LogP contribution in [0.2, 0.25) is 0 Å². The predicted octanol–water partition coefficient (Wildman–Crippen LogP) is 3.14. The monoisotopic (exact) mass is 315 g/mol. The van der Waals surface area contributed by atoms with E-state index in [1.165, 1.54) is 5.32 Å². The number of thiol groups is 1. The number of thioether (sulfide) groups is 1. The van der Waals surface area contributed by atoms with E-state index in [-0.39, 0.29) is 11.0 Å². The van der Waals surface area contributed by atoms with Crippen molar-refractivity contribution < 1.29 is 23.5 Å². The van der Waals surface area contributed by atoms with Crippen molar-refractivity contribution in [3.05, 3.63) is 48.3 Å². The van der Waals surface area contributed by atoms with Gasteiger partial charge in [0.25, 0.3) is 0 Å². The number of carbonyl (C=O) groups excluding carboxylic acids is 1. The molecule has 2 rings (SSSR count). The summed E-state index contributed by atoms with van der Waals surface area (Å²) in [6.45, 7) is 0. The molecule has 0 bridgehead atoms. The number of imide groups is 1. The Morgan fingerprint density at radius 2 is 2.10 bits per heavy atom. The van der Waals surface area contributed by atoms with Crippen LogP contribution in [-0.2, 0) is 10.5 Å². The van der Waals surface area contributed by atoms with Crippen LogP contribution >= 0.6 is 24.4 Å². The molecule has 0 aliphatic heterocycles. The molecule has 0 aliphatic carbocycles. The van der Waals surface area contributed by atoms with Crippen LogP contribution in [0.25, 0.3) is 0 Å². The summed E-state index contributed by atoms with van der Waals surface area (Å²) in [4.78, 5) is 18.4. The van der Waals surface area contributed by atoms with Crippen LogP contribution in [0, 0.1) is 0 Å². The third-order valence-corrected chi connectivity index (χ3v) is 3.63. The SMILES string of the molecule is O=CNC(=O)O.SC(SCc1ccco1)c1ccco1. The molecule has 2 aromatic heterocycles. The Morgan fingerprint density at radius 1 is 1.40 bits per heavy atom. The fourth-order valence-electron chi connectivity index (χ4n) is 1.12. The summed E-state index contributed by atoms with van der Waals surface area (Å²) in [5.41, 5.74) is 0. The summed E-state index contributed by atoms with van der Waals surface area (Å²) in [5.74, 6) is 2.65. The van der Waals surface area contributed by atoms with Gasteiger partial charge in [0, 0.05) is 0 Å². The zero-order valence-corrected chi connectivity index (χ0v) is 12.0. The molecule has 8 heteroatoms. The molecule has 2 heterocycles. The zero-order valence-electron chi connectivity index (χ0n) is 10.3. The van der Waals surface area contributed by atoms with E-state index >= 15 is 0 Å². The largest absolute Gasteiger partial charge is 0.468 e. The van der Waals surface area contributed by atoms with Gasteiger partial charge in [-0.2, -0.15) is 12.6 Å². The Kier molecular flexibility index (Phi) is 7.44. The Hall–Kier alpha value is -1.80. The van der Waals surface area contributed by atoms with Crippen LogP contribution in [0.15, 0.2) is 45.6 Å². The number of rotatable bonds is 5. The first-order valence-corrected chi connectivity index (χ1v) is 6.98. The molecule has 108 valence electrons. The molecule has 2 aromatic rings. The van der Waals surface area contributed by atoms with Crippen LogP contribution in [0.5, 0.6) is 0 Å². The van der Waals surface area contributed by atoms with Gasteiger partial charge in [0.05, 0.1) is 18.3 Å². The average Bonchev–Trinajstić information content (AvgIpc) is 3.10. The number of carboxylic acid groups (broad SMARTS) is 1. The maximum Gasteiger partial charge on any atom is 0.411 e. The Labute approximate surface area is 124 Å². The second kappa shape index (κ2) is 9.16. The van der Waals surface area contributed by atoms with Crippen molar-refractivity contribution in [2.45, 2.75) is 10.3 Å². The number of hydrogen-bond donors (Lipinski definition) is 3. The highest BCUT2D eigenvalue weighted by molar-refractivity contribution is 8.09. The predicted molar refractivity (Wildman–Crippen MR) is 77.7 cm³/mol. The first-order valence-electron chi connectivity index (χ1n) is 5.42. The molecule has 0 saturated heterocycles. The summed E-state index contributed by atoms with van der Waals surface area (Å²) in [7, 11) is 0. The summed E-state index contributed by atoms with van der Waals surface area (Å²) >= 11 is 6.09. The topological polar surface area (TPSA) is 92.7 Å². The summed E-state index contributed by atoms with van der Waals surface area (Å²) in [5, 5.41) is 9.02. The van der Waals surface area contributed by atoms with Crippen LogP contribution < -0.4 is 5.32 Å². The molecule has 0 radical (unpaired) electrons. The standard InChI is InChI=1S/C10H10O2S2.C2H3NO3/c13-10(9-4-2-6-12-9)14-7-8-3-1-5-11-8;4-1-3-2(5)6/h1-6,10,13H,7H2;1H,(H,3,4)(H,5,6). The Bertz CT molecular complexity index is 498. The molecular formula is C12H13NO5S2. The maximum absolute atomic E-state index is 9.26. The fourth-order valence-corrected chi connectivity index (χ4v) is 2.28. The van der Waals surface area contributed by atoms with Gasteiger partial charge in [-0.25, -0.2) is 4.79 Å². The van der Waals surface area contributed by atoms with Crippen LogP contribution in [0.4, 0.5) is 4.79 Å². The van der Waals surface area contributed by atoms with Gasteiger partial charge in [0.15, 0.2) is 0 Å². The quantitative estimate of drug-likeness (QED) is 0.446. The van der Waals surface area contributed by atoms with Gasteiger partial charge < -0.3 is 13.9 Å². The van der Waals surface area contributed by atoms with E-state index in [2.05, 4.69) is 12.6 Å². The summed E-state index contributed by atoms with van der Waals surface area (Å²) < 4.78 is 10.5. The lowest BCUT2D eigenvalue weighted by atomic mass is 10.5. The van der Waals surface area contributed by atoms with Crippen molar-refractivity contribution in [1.82, 2.24) is 5.32 Å². The van der Waals surface area contributed by atoms with Crippen LogP contribution in [0.3, 0.4) is 0 Å². The molecule has 0 saturated carbocycles. The lowest BCUT2D eigenvalue weighted by molar-refractivity contribution is -0.108. The molecule has 6 nitrogen and oxygen atoms in total. The maximum atomic E-state index is 9.26. The van der Waals surface area contributed by atoms with Crippen LogP contribution in [-0.4, -0.2) is 17.6 Å². The van der Waals surface area contributed by atoms with E-state index in [1.807, 2.05) is 24.3 Å². The first-order chi connectivity index (χ1) is 9.63. The third kappa shape index (κ3) is 6.39. The van der Waals surface area contributed by atoms with E-state index in [4.69, 9.17) is 18.7 Å². The number of nitrogens with one attached hydrogen (secondary N) is 1. The highest BCUT2D eigenvalue weighted by Crippen LogP contribution is 2.34. The lowest BCUT2D eigenvalue weighted by Gasteiger charge is -2.05. The molecular weight excluding hydrogens is 302 g/mol. The number of carbonyl (C=O) groups is 2. The third-order valence-electron chi connectivity index (χ3n) is 1.93.